The zero-order valence-corrected chi connectivity index (χ0v) is 11.2. The standard InChI is InChI=1S/C12H11ClN4O3/c1-17-6-7(5-14-17)10(12(19)20)16-11(18)8-3-2-4-9(13)15-8/h2-6,10H,1H3,(H,16,18)(H,19,20). The van der Waals surface area contributed by atoms with E-state index in [2.05, 4.69) is 15.4 Å². The summed E-state index contributed by atoms with van der Waals surface area (Å²) in [7, 11) is 1.66. The van der Waals surface area contributed by atoms with Gasteiger partial charge >= 0.3 is 5.97 Å². The molecule has 1 atom stereocenters. The number of aliphatic carboxylic acids is 1. The largest absolute Gasteiger partial charge is 0.479 e. The molecule has 0 spiro atoms. The predicted molar refractivity (Wildman–Crippen MR) is 70.3 cm³/mol. The lowest BCUT2D eigenvalue weighted by Gasteiger charge is -2.12. The molecule has 2 heterocycles. The topological polar surface area (TPSA) is 97.1 Å². The maximum atomic E-state index is 12.0. The third kappa shape index (κ3) is 3.12. The number of carbonyl (C=O) groups is 2. The minimum Gasteiger partial charge on any atom is -0.479 e. The monoisotopic (exact) mass is 294 g/mol. The number of carbonyl (C=O) groups excluding carboxylic acids is 1. The second kappa shape index (κ2) is 5.70. The van der Waals surface area contributed by atoms with Gasteiger partial charge in [-0.1, -0.05) is 17.7 Å². The van der Waals surface area contributed by atoms with Crippen molar-refractivity contribution in [3.05, 3.63) is 47.0 Å². The summed E-state index contributed by atoms with van der Waals surface area (Å²) in [6, 6.07) is 3.33. The molecule has 1 amide bonds. The Balaban J connectivity index is 2.21. The van der Waals surface area contributed by atoms with Crippen molar-refractivity contribution in [1.82, 2.24) is 20.1 Å². The molecule has 0 saturated carbocycles. The van der Waals surface area contributed by atoms with E-state index in [4.69, 9.17) is 11.6 Å². The number of hydrogen-bond acceptors (Lipinski definition) is 4. The number of aromatic nitrogens is 3. The summed E-state index contributed by atoms with van der Waals surface area (Å²) in [5, 5.41) is 15.6. The summed E-state index contributed by atoms with van der Waals surface area (Å²) in [4.78, 5) is 27.0. The number of pyridine rings is 1. The van der Waals surface area contributed by atoms with Crippen LogP contribution in [-0.2, 0) is 11.8 Å². The molecule has 7 nitrogen and oxygen atoms in total. The molecule has 0 radical (unpaired) electrons. The summed E-state index contributed by atoms with van der Waals surface area (Å²) in [5.41, 5.74) is 0.419. The molecular weight excluding hydrogens is 284 g/mol. The Bertz CT molecular complexity index is 656. The number of amides is 1. The maximum absolute atomic E-state index is 12.0. The second-order valence-electron chi connectivity index (χ2n) is 4.04. The molecule has 0 saturated heterocycles. The van der Waals surface area contributed by atoms with E-state index in [0.717, 1.165) is 0 Å². The molecule has 0 aliphatic carbocycles. The molecule has 8 heteroatoms. The maximum Gasteiger partial charge on any atom is 0.331 e. The Kier molecular flexibility index (Phi) is 3.99. The number of aryl methyl sites for hydroxylation is 1. The van der Waals surface area contributed by atoms with Crippen molar-refractivity contribution in [3.8, 4) is 0 Å². The summed E-state index contributed by atoms with van der Waals surface area (Å²) in [6.07, 6.45) is 2.90. The Labute approximate surface area is 119 Å². The van der Waals surface area contributed by atoms with Gasteiger partial charge in [0.05, 0.1) is 6.20 Å². The number of nitrogens with zero attached hydrogens (tertiary/aromatic N) is 3. The lowest BCUT2D eigenvalue weighted by molar-refractivity contribution is -0.139. The van der Waals surface area contributed by atoms with Gasteiger partial charge in [0.1, 0.15) is 10.8 Å². The average Bonchev–Trinajstić information content (AvgIpc) is 2.81. The van der Waals surface area contributed by atoms with Gasteiger partial charge in [-0.25, -0.2) is 9.78 Å². The summed E-state index contributed by atoms with van der Waals surface area (Å²) >= 11 is 5.69. The average molecular weight is 295 g/mol. The summed E-state index contributed by atoms with van der Waals surface area (Å²) < 4.78 is 1.45. The number of carboxylic acid groups (broad SMARTS) is 1. The van der Waals surface area contributed by atoms with Gasteiger partial charge in [-0.2, -0.15) is 5.10 Å². The van der Waals surface area contributed by atoms with Gasteiger partial charge in [0.25, 0.3) is 5.91 Å². The van der Waals surface area contributed by atoms with E-state index < -0.39 is 17.9 Å². The highest BCUT2D eigenvalue weighted by Crippen LogP contribution is 2.13. The van der Waals surface area contributed by atoms with Crippen LogP contribution in [0.15, 0.2) is 30.6 Å². The van der Waals surface area contributed by atoms with Crippen molar-refractivity contribution in [1.29, 1.82) is 0 Å². The van der Waals surface area contributed by atoms with Gasteiger partial charge in [0.15, 0.2) is 6.04 Å². The predicted octanol–water partition coefficient (Wildman–Crippen LogP) is 1.02. The molecule has 1 unspecified atom stereocenters. The van der Waals surface area contributed by atoms with Gasteiger partial charge in [-0.05, 0) is 12.1 Å². The molecule has 0 aromatic carbocycles. The number of carboxylic acids is 1. The highest BCUT2D eigenvalue weighted by atomic mass is 35.5. The third-order valence-corrected chi connectivity index (χ3v) is 2.74. The summed E-state index contributed by atoms with van der Waals surface area (Å²) in [6.45, 7) is 0. The van der Waals surface area contributed by atoms with Gasteiger partial charge in [0, 0.05) is 18.8 Å². The van der Waals surface area contributed by atoms with Crippen molar-refractivity contribution >= 4 is 23.5 Å². The van der Waals surface area contributed by atoms with E-state index in [0.29, 0.717) is 5.56 Å². The van der Waals surface area contributed by atoms with Crippen LogP contribution in [0.1, 0.15) is 22.1 Å². The Morgan fingerprint density at radius 3 is 2.75 bits per heavy atom. The quantitative estimate of drug-likeness (QED) is 0.821. The fourth-order valence-electron chi connectivity index (χ4n) is 1.62. The van der Waals surface area contributed by atoms with Crippen LogP contribution < -0.4 is 5.32 Å². The molecule has 0 bridgehead atoms. The van der Waals surface area contributed by atoms with Crippen LogP contribution in [0.5, 0.6) is 0 Å². The molecule has 20 heavy (non-hydrogen) atoms. The first-order valence-corrected chi connectivity index (χ1v) is 6.00. The van der Waals surface area contributed by atoms with E-state index in [1.807, 2.05) is 0 Å². The lowest BCUT2D eigenvalue weighted by atomic mass is 10.1. The molecular formula is C12H11ClN4O3. The molecule has 2 N–H and O–H groups in total. The Hall–Kier alpha value is -2.41. The van der Waals surface area contributed by atoms with Crippen LogP contribution in [-0.4, -0.2) is 31.7 Å². The van der Waals surface area contributed by atoms with Crippen molar-refractivity contribution in [2.75, 3.05) is 0 Å². The third-order valence-electron chi connectivity index (χ3n) is 2.53. The van der Waals surface area contributed by atoms with Crippen molar-refractivity contribution in [3.63, 3.8) is 0 Å². The molecule has 2 aromatic rings. The molecule has 0 aliphatic rings. The van der Waals surface area contributed by atoms with E-state index >= 15 is 0 Å². The van der Waals surface area contributed by atoms with E-state index in [1.54, 1.807) is 13.1 Å². The fourth-order valence-corrected chi connectivity index (χ4v) is 1.78. The van der Waals surface area contributed by atoms with Crippen molar-refractivity contribution in [2.24, 2.45) is 7.05 Å². The summed E-state index contributed by atoms with van der Waals surface area (Å²) in [5.74, 6) is -1.81. The highest BCUT2D eigenvalue weighted by molar-refractivity contribution is 6.29. The molecule has 2 aromatic heterocycles. The van der Waals surface area contributed by atoms with Gasteiger partial charge in [-0.3, -0.25) is 9.48 Å². The first kappa shape index (κ1) is 14.0. The zero-order chi connectivity index (χ0) is 14.7. The lowest BCUT2D eigenvalue weighted by Crippen LogP contribution is -2.34. The number of halogens is 1. The van der Waals surface area contributed by atoms with Gasteiger partial charge in [-0.15, -0.1) is 0 Å². The minimum absolute atomic E-state index is 0.0487. The second-order valence-corrected chi connectivity index (χ2v) is 4.42. The van der Waals surface area contributed by atoms with E-state index in [-0.39, 0.29) is 10.8 Å². The van der Waals surface area contributed by atoms with Gasteiger partial charge < -0.3 is 10.4 Å². The number of hydrogen-bond donors (Lipinski definition) is 2. The van der Waals surface area contributed by atoms with Crippen LogP contribution in [0.3, 0.4) is 0 Å². The number of rotatable bonds is 4. The van der Waals surface area contributed by atoms with Crippen LogP contribution in [0, 0.1) is 0 Å². The molecule has 104 valence electrons. The Morgan fingerprint density at radius 1 is 1.45 bits per heavy atom. The van der Waals surface area contributed by atoms with Crippen LogP contribution in [0.25, 0.3) is 0 Å². The molecule has 2 rings (SSSR count). The normalized spacial score (nSPS) is 11.9. The fraction of sp³-hybridized carbons (Fsp3) is 0.167. The first-order valence-electron chi connectivity index (χ1n) is 5.62. The van der Waals surface area contributed by atoms with Crippen molar-refractivity contribution in [2.45, 2.75) is 6.04 Å². The molecule has 0 fully saturated rings. The zero-order valence-electron chi connectivity index (χ0n) is 10.4. The van der Waals surface area contributed by atoms with Crippen molar-refractivity contribution < 1.29 is 14.7 Å². The highest BCUT2D eigenvalue weighted by Gasteiger charge is 2.24. The number of nitrogens with one attached hydrogen (secondary N) is 1. The Morgan fingerprint density at radius 2 is 2.20 bits per heavy atom. The van der Waals surface area contributed by atoms with Crippen LogP contribution in [0.2, 0.25) is 5.15 Å². The van der Waals surface area contributed by atoms with Crippen LogP contribution >= 0.6 is 11.6 Å². The van der Waals surface area contributed by atoms with Crippen LogP contribution in [0.4, 0.5) is 0 Å². The first-order chi connectivity index (χ1) is 9.47. The molecule has 0 aliphatic heterocycles. The van der Waals surface area contributed by atoms with E-state index in [9.17, 15) is 14.7 Å². The van der Waals surface area contributed by atoms with Gasteiger partial charge in [0.2, 0.25) is 0 Å². The smallest absolute Gasteiger partial charge is 0.331 e. The minimum atomic E-state index is -1.20. The van der Waals surface area contributed by atoms with E-state index in [1.165, 1.54) is 29.2 Å². The SMILES string of the molecule is Cn1cc(C(NC(=O)c2cccc(Cl)n2)C(=O)O)cn1.